The highest BCUT2D eigenvalue weighted by Crippen LogP contribution is 2.41. The molecule has 0 bridgehead atoms. The van der Waals surface area contributed by atoms with Crippen molar-refractivity contribution >= 4 is 81.2 Å². The van der Waals surface area contributed by atoms with Gasteiger partial charge in [0.1, 0.15) is 23.3 Å². The number of hydrogen-bond acceptors (Lipinski definition) is 17. The zero-order chi connectivity index (χ0) is 35.7. The summed E-state index contributed by atoms with van der Waals surface area (Å²) in [6.45, 7) is 0. The number of aromatic carboxylic acids is 1. The largest absolute Gasteiger partial charge is 0.543 e. The molecule has 2 aliphatic heterocycles. The Morgan fingerprint density at radius 1 is 1.22 bits per heavy atom. The number of phenols is 2. The Kier molecular flexibility index (Phi) is 9.82. The van der Waals surface area contributed by atoms with E-state index in [2.05, 4.69) is 20.4 Å². The molecule has 3 atom stereocenters. The molecule has 5 rings (SSSR count). The first-order valence-electron chi connectivity index (χ1n) is 13.6. The molecule has 19 nitrogen and oxygen atoms in total. The van der Waals surface area contributed by atoms with Crippen LogP contribution in [0.1, 0.15) is 27.7 Å². The fraction of sp³-hybridized carbons (Fsp3) is 0.222. The van der Waals surface area contributed by atoms with E-state index in [-0.39, 0.29) is 44.4 Å². The first-order valence-corrected chi connectivity index (χ1v) is 16.5. The molecule has 2 amide bonds. The molecule has 22 heteroatoms. The van der Waals surface area contributed by atoms with Crippen molar-refractivity contribution in [1.29, 1.82) is 0 Å². The third-order valence-corrected chi connectivity index (χ3v) is 10.1. The second-order valence-electron chi connectivity index (χ2n) is 10.2. The van der Waals surface area contributed by atoms with Crippen molar-refractivity contribution in [2.45, 2.75) is 22.7 Å². The van der Waals surface area contributed by atoms with Crippen LogP contribution in [0.4, 0.5) is 10.9 Å². The number of phenolic OH excluding ortho intramolecular Hbond substituents is 2. The van der Waals surface area contributed by atoms with Gasteiger partial charge in [0.05, 0.1) is 18.7 Å². The van der Waals surface area contributed by atoms with Crippen LogP contribution in [0.5, 0.6) is 11.5 Å². The summed E-state index contributed by atoms with van der Waals surface area (Å²) in [6.07, 6.45) is -0.586. The number of β-lactam (4-membered cyclic amide) rings is 1. The number of carbonyl (C=O) groups excluding carboxylic acids is 3. The molecule has 0 saturated carbocycles. The lowest BCUT2D eigenvalue weighted by molar-refractivity contribution is -0.713. The summed E-state index contributed by atoms with van der Waals surface area (Å²) >= 11 is 3.14. The molecule has 0 radical (unpaired) electrons. The summed E-state index contributed by atoms with van der Waals surface area (Å²) in [5.74, 6) is -7.51. The number of aryl methyl sites for hydroxylation is 1. The average Bonchev–Trinajstić information content (AvgIpc) is 3.47. The second kappa shape index (κ2) is 13.9. The fourth-order valence-corrected chi connectivity index (χ4v) is 7.64. The number of thioether (sulfide) groups is 2. The van der Waals surface area contributed by atoms with E-state index < -0.39 is 70.1 Å². The summed E-state index contributed by atoms with van der Waals surface area (Å²) < 4.78 is 1.41. The van der Waals surface area contributed by atoms with Crippen molar-refractivity contribution in [3.8, 4) is 11.5 Å². The number of aromatic nitrogens is 3. The Balaban J connectivity index is 1.35. The van der Waals surface area contributed by atoms with E-state index >= 15 is 0 Å². The first-order chi connectivity index (χ1) is 23.2. The standard InChI is InChI=1S/C27H24N8O11S3/c1-34-5-11(23(40)41)19(28)32-27(34)49-7-10-6-47-22-16(21(39)35(22)17(10)24(42)43)31-20(38)15(12-8-48-26(29)30-12)33-46-18(25(44)45)9-2-3-13(36)14(37)4-9/h2-5,8,16,18,22,28H,6-7H2,1H3,(H8,29,30,31,33,36,37,38,40,41,42,43,44,45)/t16?,18?,22-/m1/s1. The number of nitrogens with zero attached hydrogens (tertiary/aromatic N) is 5. The van der Waals surface area contributed by atoms with Crippen molar-refractivity contribution in [2.24, 2.45) is 12.2 Å². The van der Waals surface area contributed by atoms with Gasteiger partial charge in [-0.05, 0) is 34.5 Å². The van der Waals surface area contributed by atoms with Gasteiger partial charge in [-0.15, -0.1) is 23.1 Å². The summed E-state index contributed by atoms with van der Waals surface area (Å²) in [4.78, 5) is 76.5. The molecular weight excluding hydrogens is 709 g/mol. The van der Waals surface area contributed by atoms with Crippen molar-refractivity contribution in [3.05, 3.63) is 57.9 Å². The molecule has 4 heterocycles. The molecule has 2 aromatic heterocycles. The number of benzene rings is 1. The molecular formula is C27H24N8O11S3. The third kappa shape index (κ3) is 7.00. The fourth-order valence-electron chi connectivity index (χ4n) is 4.66. The molecule has 9 N–H and O–H groups in total. The predicted octanol–water partition coefficient (Wildman–Crippen LogP) is -1.62. The highest BCUT2D eigenvalue weighted by atomic mass is 32.2. The van der Waals surface area contributed by atoms with Crippen LogP contribution in [0.25, 0.3) is 0 Å². The van der Waals surface area contributed by atoms with E-state index in [1.165, 1.54) is 23.2 Å². The number of fused-ring (bicyclic) bond motifs is 1. The van der Waals surface area contributed by atoms with E-state index in [9.17, 15) is 49.5 Å². The number of carbonyl (C=O) groups is 5. The van der Waals surface area contributed by atoms with Gasteiger partial charge in [0.25, 0.3) is 17.6 Å². The van der Waals surface area contributed by atoms with Gasteiger partial charge in [-0.2, -0.15) is 0 Å². The summed E-state index contributed by atoms with van der Waals surface area (Å²) in [7, 11) is 1.54. The van der Waals surface area contributed by atoms with Crippen molar-refractivity contribution < 1.29 is 58.9 Å². The number of nitrogens with two attached hydrogens (primary N) is 2. The topological polar surface area (TPSA) is 308 Å². The van der Waals surface area contributed by atoms with Gasteiger partial charge in [0.15, 0.2) is 27.9 Å². The van der Waals surface area contributed by atoms with Gasteiger partial charge in [0.2, 0.25) is 6.10 Å². The van der Waals surface area contributed by atoms with Gasteiger partial charge in [-0.25, -0.2) is 19.1 Å². The molecule has 0 aliphatic carbocycles. The molecule has 2 unspecified atom stereocenters. The van der Waals surface area contributed by atoms with E-state index in [1.807, 2.05) is 0 Å². The van der Waals surface area contributed by atoms with Crippen molar-refractivity contribution in [1.82, 2.24) is 20.2 Å². The molecule has 0 spiro atoms. The number of nitrogen functional groups attached to an aromatic ring is 2. The molecule has 2 aliphatic rings. The number of aromatic hydroxyl groups is 2. The average molecular weight is 733 g/mol. The molecule has 1 aromatic carbocycles. The van der Waals surface area contributed by atoms with Crippen LogP contribution in [0.3, 0.4) is 0 Å². The monoisotopic (exact) mass is 732 g/mol. The molecule has 3 aromatic rings. The van der Waals surface area contributed by atoms with E-state index in [0.29, 0.717) is 5.57 Å². The van der Waals surface area contributed by atoms with Gasteiger partial charge in [-0.3, -0.25) is 14.5 Å². The number of nitrogens with one attached hydrogen (secondary N) is 1. The van der Waals surface area contributed by atoms with Crippen LogP contribution in [-0.4, -0.2) is 93.6 Å². The van der Waals surface area contributed by atoms with Crippen LogP contribution in [0, 0.1) is 0 Å². The van der Waals surface area contributed by atoms with Gasteiger partial charge in [-0.1, -0.05) is 11.2 Å². The molecule has 49 heavy (non-hydrogen) atoms. The summed E-state index contributed by atoms with van der Waals surface area (Å²) in [6, 6.07) is 1.88. The predicted molar refractivity (Wildman–Crippen MR) is 169 cm³/mol. The minimum atomic E-state index is -1.85. The number of aliphatic carboxylic acids is 2. The number of hydrogen-bond donors (Lipinski definition) is 7. The SMILES string of the molecule is C[n+]1cc(C(=O)O)c(N)nc1SCC1=C(C(=O)[O-])N2C(=O)C(NC(=O)/C(=N\OC(C(=O)O)c3ccc(O)c(O)c3)c3csc(N)n3)[C@H]2SC1. The Morgan fingerprint density at radius 2 is 1.96 bits per heavy atom. The second-order valence-corrected chi connectivity index (χ2v) is 13.1. The van der Waals surface area contributed by atoms with E-state index in [0.717, 1.165) is 58.0 Å². The van der Waals surface area contributed by atoms with Gasteiger partial charge >= 0.3 is 17.1 Å². The zero-order valence-corrected chi connectivity index (χ0v) is 27.2. The Hall–Kier alpha value is -5.61. The maximum atomic E-state index is 13.5. The number of anilines is 2. The Morgan fingerprint density at radius 3 is 2.57 bits per heavy atom. The minimum Gasteiger partial charge on any atom is -0.543 e. The lowest BCUT2D eigenvalue weighted by Gasteiger charge is -2.50. The van der Waals surface area contributed by atoms with Gasteiger partial charge in [0, 0.05) is 22.4 Å². The quantitative estimate of drug-likeness (QED) is 0.0209. The van der Waals surface area contributed by atoms with Crippen LogP contribution in [-0.2, 0) is 31.1 Å². The number of carboxylic acids is 3. The highest BCUT2D eigenvalue weighted by Gasteiger charge is 2.53. The van der Waals surface area contributed by atoms with Crippen molar-refractivity contribution in [2.75, 3.05) is 23.0 Å². The normalized spacial score (nSPS) is 17.9. The van der Waals surface area contributed by atoms with E-state index in [1.54, 1.807) is 0 Å². The molecule has 1 saturated heterocycles. The number of carboxylic acid groups (broad SMARTS) is 3. The zero-order valence-electron chi connectivity index (χ0n) is 24.8. The van der Waals surface area contributed by atoms with Crippen LogP contribution < -0.4 is 26.5 Å². The van der Waals surface area contributed by atoms with E-state index in [4.69, 9.17) is 16.3 Å². The third-order valence-electron chi connectivity index (χ3n) is 7.01. The lowest BCUT2D eigenvalue weighted by atomic mass is 10.0. The maximum Gasteiger partial charge on any atom is 0.361 e. The first kappa shape index (κ1) is 34.7. The molecule has 1 fully saturated rings. The number of amides is 2. The molecule has 256 valence electrons. The van der Waals surface area contributed by atoms with Crippen LogP contribution >= 0.6 is 34.9 Å². The number of oxime groups is 1. The Bertz CT molecular complexity index is 1970. The number of thiazole rings is 1. The smallest absolute Gasteiger partial charge is 0.361 e. The highest BCUT2D eigenvalue weighted by molar-refractivity contribution is 8.01. The van der Waals surface area contributed by atoms with Crippen LogP contribution in [0.15, 0.2) is 51.4 Å². The lowest BCUT2D eigenvalue weighted by Crippen LogP contribution is -2.71. The van der Waals surface area contributed by atoms with Crippen molar-refractivity contribution in [3.63, 3.8) is 0 Å². The van der Waals surface area contributed by atoms with Gasteiger partial charge < -0.3 is 51.9 Å². The number of rotatable bonds is 12. The maximum absolute atomic E-state index is 13.5. The summed E-state index contributed by atoms with van der Waals surface area (Å²) in [5, 5.41) is 57.5. The minimum absolute atomic E-state index is 0.0273. The Labute approximate surface area is 286 Å². The summed E-state index contributed by atoms with van der Waals surface area (Å²) in [5.41, 5.74) is 10.3. The van der Waals surface area contributed by atoms with Crippen LogP contribution in [0.2, 0.25) is 0 Å².